The molecule has 0 spiro atoms. The Hall–Kier alpha value is -2.89. The van der Waals surface area contributed by atoms with Crippen molar-refractivity contribution in [3.05, 3.63) is 60.8 Å². The summed E-state index contributed by atoms with van der Waals surface area (Å²) in [5.41, 5.74) is 0. The zero-order valence-electron chi connectivity index (χ0n) is 52.9. The number of carbonyl (C=O) groups excluding carboxylic acids is 3. The van der Waals surface area contributed by atoms with Crippen molar-refractivity contribution in [1.29, 1.82) is 0 Å². The summed E-state index contributed by atoms with van der Waals surface area (Å²) in [4.78, 5) is 38.4. The Labute approximate surface area is 491 Å². The van der Waals surface area contributed by atoms with Crippen LogP contribution in [0.3, 0.4) is 0 Å². The van der Waals surface area contributed by atoms with Crippen LogP contribution in [0.5, 0.6) is 0 Å². The van der Waals surface area contributed by atoms with E-state index in [0.717, 1.165) is 96.3 Å². The van der Waals surface area contributed by atoms with Gasteiger partial charge in [0.2, 0.25) is 0 Å². The quantitative estimate of drug-likeness (QED) is 0.0261. The lowest BCUT2D eigenvalue weighted by Crippen LogP contribution is -2.30. The fourth-order valence-electron chi connectivity index (χ4n) is 10.4. The molecular weight excluding hydrogens is 973 g/mol. The molecule has 0 fully saturated rings. The summed E-state index contributed by atoms with van der Waals surface area (Å²) in [6, 6.07) is 0. The normalized spacial score (nSPS) is 12.4. The van der Waals surface area contributed by atoms with Crippen LogP contribution in [0.2, 0.25) is 0 Å². The van der Waals surface area contributed by atoms with Crippen molar-refractivity contribution in [1.82, 2.24) is 0 Å². The molecule has 0 aliphatic rings. The average molecular weight is 1110 g/mol. The molecule has 0 aliphatic heterocycles. The van der Waals surface area contributed by atoms with Crippen molar-refractivity contribution in [3.8, 4) is 0 Å². The number of ether oxygens (including phenoxy) is 3. The number of carbonyl (C=O) groups is 3. The molecule has 0 rings (SSSR count). The molecule has 0 bridgehead atoms. The molecule has 6 heteroatoms. The first-order valence-electron chi connectivity index (χ1n) is 34.8. The second kappa shape index (κ2) is 67.6. The predicted molar refractivity (Wildman–Crippen MR) is 344 cm³/mol. The molecule has 0 saturated heterocycles. The zero-order valence-corrected chi connectivity index (χ0v) is 52.9. The van der Waals surface area contributed by atoms with Crippen LogP contribution in [0.1, 0.15) is 367 Å². The van der Waals surface area contributed by atoms with Gasteiger partial charge in [-0.1, -0.05) is 345 Å². The van der Waals surface area contributed by atoms with Crippen LogP contribution in [-0.4, -0.2) is 37.2 Å². The van der Waals surface area contributed by atoms with Crippen LogP contribution in [0, 0.1) is 0 Å². The third kappa shape index (κ3) is 65.8. The number of allylic oxidation sites excluding steroid dienone is 10. The van der Waals surface area contributed by atoms with Gasteiger partial charge in [0.05, 0.1) is 0 Å². The van der Waals surface area contributed by atoms with Gasteiger partial charge in [0, 0.05) is 19.3 Å². The molecule has 1 unspecified atom stereocenters. The van der Waals surface area contributed by atoms with Gasteiger partial charge < -0.3 is 14.2 Å². The van der Waals surface area contributed by atoms with Gasteiger partial charge >= 0.3 is 17.9 Å². The minimum Gasteiger partial charge on any atom is -0.462 e. The third-order valence-electron chi connectivity index (χ3n) is 15.5. The molecular formula is C73H132O6. The Morgan fingerprint density at radius 3 is 0.772 bits per heavy atom. The Morgan fingerprint density at radius 1 is 0.266 bits per heavy atom. The van der Waals surface area contributed by atoms with Crippen molar-refractivity contribution in [3.63, 3.8) is 0 Å². The van der Waals surface area contributed by atoms with E-state index >= 15 is 0 Å². The van der Waals surface area contributed by atoms with Gasteiger partial charge in [-0.3, -0.25) is 14.4 Å². The number of esters is 3. The van der Waals surface area contributed by atoms with E-state index in [1.54, 1.807) is 0 Å². The minimum atomic E-state index is -0.790. The molecule has 6 nitrogen and oxygen atoms in total. The second-order valence-electron chi connectivity index (χ2n) is 23.4. The van der Waals surface area contributed by atoms with Gasteiger partial charge in [-0.25, -0.2) is 0 Å². The lowest BCUT2D eigenvalue weighted by atomic mass is 10.0. The maximum Gasteiger partial charge on any atom is 0.306 e. The average Bonchev–Trinajstić information content (AvgIpc) is 3.45. The molecule has 0 aliphatic carbocycles. The third-order valence-corrected chi connectivity index (χ3v) is 15.5. The largest absolute Gasteiger partial charge is 0.462 e. The highest BCUT2D eigenvalue weighted by atomic mass is 16.6. The standard InChI is InChI=1S/C73H132O6/c1-4-7-10-13-16-19-22-25-27-29-31-32-33-34-35-36-37-38-39-40-42-43-45-48-51-54-57-60-63-66-72(75)78-69-70(68-77-71(74)65-62-59-56-53-50-47-24-21-18-15-12-9-6-3)79-73(76)67-64-61-58-55-52-49-46-44-41-30-28-26-23-20-17-14-11-8-5-2/h8,11,17,20,26,28,41,44,49,52,70H,4-7,9-10,12-16,18-19,21-25,27,29-40,42-43,45-48,50-51,53-69H2,1-3H3/b11-8-,20-17-,28-26-,44-41-,52-49-. The fraction of sp³-hybridized carbons (Fsp3) is 0.822. The van der Waals surface area contributed by atoms with Crippen molar-refractivity contribution in [2.75, 3.05) is 13.2 Å². The molecule has 0 aromatic heterocycles. The summed E-state index contributed by atoms with van der Waals surface area (Å²) in [6.07, 6.45) is 86.9. The van der Waals surface area contributed by atoms with E-state index in [4.69, 9.17) is 14.2 Å². The van der Waals surface area contributed by atoms with Crippen LogP contribution < -0.4 is 0 Å². The first-order chi connectivity index (χ1) is 39.0. The summed E-state index contributed by atoms with van der Waals surface area (Å²) in [5, 5.41) is 0. The summed E-state index contributed by atoms with van der Waals surface area (Å²) in [7, 11) is 0. The predicted octanol–water partition coefficient (Wildman–Crippen LogP) is 23.9. The highest BCUT2D eigenvalue weighted by Gasteiger charge is 2.19. The van der Waals surface area contributed by atoms with Gasteiger partial charge in [-0.15, -0.1) is 0 Å². The summed E-state index contributed by atoms with van der Waals surface area (Å²) < 4.78 is 16.9. The highest BCUT2D eigenvalue weighted by molar-refractivity contribution is 5.71. The Bertz CT molecular complexity index is 1410. The topological polar surface area (TPSA) is 78.9 Å². The lowest BCUT2D eigenvalue weighted by molar-refractivity contribution is -0.167. The Kier molecular flexibility index (Phi) is 65.1. The first kappa shape index (κ1) is 76.1. The van der Waals surface area contributed by atoms with Crippen LogP contribution in [-0.2, 0) is 28.6 Å². The van der Waals surface area contributed by atoms with Gasteiger partial charge in [0.25, 0.3) is 0 Å². The molecule has 460 valence electrons. The molecule has 0 amide bonds. The van der Waals surface area contributed by atoms with E-state index in [9.17, 15) is 14.4 Å². The highest BCUT2D eigenvalue weighted by Crippen LogP contribution is 2.18. The molecule has 0 aromatic carbocycles. The molecule has 0 radical (unpaired) electrons. The van der Waals surface area contributed by atoms with E-state index in [0.29, 0.717) is 19.3 Å². The van der Waals surface area contributed by atoms with E-state index in [-0.39, 0.29) is 31.1 Å². The number of hydrogen-bond donors (Lipinski definition) is 0. The molecule has 1 atom stereocenters. The second-order valence-corrected chi connectivity index (χ2v) is 23.4. The smallest absolute Gasteiger partial charge is 0.306 e. The molecule has 0 heterocycles. The van der Waals surface area contributed by atoms with Gasteiger partial charge in [-0.2, -0.15) is 0 Å². The number of hydrogen-bond acceptors (Lipinski definition) is 6. The van der Waals surface area contributed by atoms with Crippen molar-refractivity contribution >= 4 is 17.9 Å². The summed E-state index contributed by atoms with van der Waals surface area (Å²) >= 11 is 0. The van der Waals surface area contributed by atoms with Crippen molar-refractivity contribution in [2.24, 2.45) is 0 Å². The number of unbranched alkanes of at least 4 members (excludes halogenated alkanes) is 43. The van der Waals surface area contributed by atoms with Gasteiger partial charge in [0.1, 0.15) is 13.2 Å². The number of rotatable bonds is 64. The summed E-state index contributed by atoms with van der Waals surface area (Å²) in [5.74, 6) is -0.893. The molecule has 0 N–H and O–H groups in total. The summed E-state index contributed by atoms with van der Waals surface area (Å²) in [6.45, 7) is 6.56. The zero-order chi connectivity index (χ0) is 57.1. The monoisotopic (exact) mass is 1110 g/mol. The fourth-order valence-corrected chi connectivity index (χ4v) is 10.4. The minimum absolute atomic E-state index is 0.0831. The molecule has 0 saturated carbocycles. The maximum absolute atomic E-state index is 12.9. The van der Waals surface area contributed by atoms with Crippen LogP contribution in [0.4, 0.5) is 0 Å². The van der Waals surface area contributed by atoms with Crippen LogP contribution in [0.15, 0.2) is 60.8 Å². The SMILES string of the molecule is CC/C=C\C/C=C\C/C=C\C/C=C\C/C=C\CCCCCC(=O)OC(COC(=O)CCCCCCCCCCCCCCC)COC(=O)CCCCCCCCCCCCCCCCCCCCCCCCCCCCCCC. The van der Waals surface area contributed by atoms with Crippen molar-refractivity contribution < 1.29 is 28.6 Å². The van der Waals surface area contributed by atoms with E-state index in [1.807, 2.05) is 0 Å². The Balaban J connectivity index is 4.22. The molecule has 0 aromatic rings. The molecule has 79 heavy (non-hydrogen) atoms. The van der Waals surface area contributed by atoms with Crippen LogP contribution >= 0.6 is 0 Å². The van der Waals surface area contributed by atoms with E-state index < -0.39 is 6.10 Å². The van der Waals surface area contributed by atoms with Crippen molar-refractivity contribution in [2.45, 2.75) is 374 Å². The van der Waals surface area contributed by atoms with E-state index in [2.05, 4.69) is 81.5 Å². The lowest BCUT2D eigenvalue weighted by Gasteiger charge is -2.18. The maximum atomic E-state index is 12.9. The van der Waals surface area contributed by atoms with Gasteiger partial charge in [-0.05, 0) is 64.2 Å². The first-order valence-corrected chi connectivity index (χ1v) is 34.8. The Morgan fingerprint density at radius 2 is 0.494 bits per heavy atom. The van der Waals surface area contributed by atoms with Crippen LogP contribution in [0.25, 0.3) is 0 Å². The van der Waals surface area contributed by atoms with Gasteiger partial charge in [0.15, 0.2) is 6.10 Å². The van der Waals surface area contributed by atoms with E-state index in [1.165, 1.54) is 231 Å².